The van der Waals surface area contributed by atoms with Crippen molar-refractivity contribution in [3.63, 3.8) is 0 Å². The van der Waals surface area contributed by atoms with Gasteiger partial charge in [0.15, 0.2) is 0 Å². The van der Waals surface area contributed by atoms with Gasteiger partial charge in [-0.05, 0) is 86.5 Å². The Kier molecular flexibility index (Phi) is 12.2. The van der Waals surface area contributed by atoms with Crippen molar-refractivity contribution in [2.24, 2.45) is 0 Å². The Bertz CT molecular complexity index is 3050. The van der Waals surface area contributed by atoms with Gasteiger partial charge in [-0.25, -0.2) is 4.98 Å². The molecule has 0 fully saturated rings. The Balaban J connectivity index is 0.00000544. The molecular formula is C58H52N3OPt-. The first-order valence-electron chi connectivity index (χ1n) is 21.7. The fraction of sp³-hybridized carbons (Fsp3) is 0.172. The van der Waals surface area contributed by atoms with Gasteiger partial charge in [0.2, 0.25) is 0 Å². The summed E-state index contributed by atoms with van der Waals surface area (Å²) in [4.78, 5) is 10.5. The SMILES string of the molecule is CC(C)c1cc(-c2nc3c(-c4[c-]c(-c5cc(-c6ccccc6)ccn5)cc(-c5ccccc5)c4)cccc3n2-c2ccc(C(C)(C)C)cc2-c2ccccc2)c(O)c(C(C)C)c1.[Pt]. The Labute approximate surface area is 386 Å². The molecule has 0 spiro atoms. The Morgan fingerprint density at radius 2 is 1.19 bits per heavy atom. The van der Waals surface area contributed by atoms with Crippen molar-refractivity contribution in [3.8, 4) is 78.6 Å². The average molecular weight is 1000 g/mol. The van der Waals surface area contributed by atoms with Crippen LogP contribution in [0.1, 0.15) is 77.0 Å². The third kappa shape index (κ3) is 8.58. The molecule has 63 heavy (non-hydrogen) atoms. The van der Waals surface area contributed by atoms with Crippen LogP contribution in [-0.4, -0.2) is 19.6 Å². The molecule has 0 saturated carbocycles. The van der Waals surface area contributed by atoms with Gasteiger partial charge in [0, 0.05) is 38.5 Å². The fourth-order valence-corrected chi connectivity index (χ4v) is 8.45. The van der Waals surface area contributed by atoms with Crippen LogP contribution in [0.4, 0.5) is 0 Å². The van der Waals surface area contributed by atoms with E-state index in [4.69, 9.17) is 9.97 Å². The van der Waals surface area contributed by atoms with Crippen molar-refractivity contribution >= 4 is 11.0 Å². The summed E-state index contributed by atoms with van der Waals surface area (Å²) in [7, 11) is 0. The quantitative estimate of drug-likeness (QED) is 0.147. The van der Waals surface area contributed by atoms with Crippen LogP contribution in [0.15, 0.2) is 170 Å². The van der Waals surface area contributed by atoms with Gasteiger partial charge in [0.25, 0.3) is 0 Å². The minimum absolute atomic E-state index is 0. The van der Waals surface area contributed by atoms with Crippen LogP contribution in [0, 0.1) is 6.07 Å². The number of aromatic hydroxyl groups is 1. The number of hydrogen-bond acceptors (Lipinski definition) is 3. The summed E-state index contributed by atoms with van der Waals surface area (Å²) < 4.78 is 2.27. The van der Waals surface area contributed by atoms with E-state index in [0.717, 1.165) is 83.6 Å². The Morgan fingerprint density at radius 1 is 0.556 bits per heavy atom. The van der Waals surface area contributed by atoms with E-state index in [2.05, 4.69) is 211 Å². The maximum absolute atomic E-state index is 12.3. The van der Waals surface area contributed by atoms with Crippen LogP contribution < -0.4 is 0 Å². The number of imidazole rings is 1. The van der Waals surface area contributed by atoms with E-state index < -0.39 is 0 Å². The molecule has 0 aliphatic rings. The number of fused-ring (bicyclic) bond motifs is 1. The molecule has 0 aliphatic heterocycles. The molecular weight excluding hydrogens is 950 g/mol. The van der Waals surface area contributed by atoms with Gasteiger partial charge in [0.1, 0.15) is 11.6 Å². The molecule has 2 aromatic heterocycles. The van der Waals surface area contributed by atoms with Gasteiger partial charge in [-0.2, -0.15) is 0 Å². The maximum Gasteiger partial charge on any atom is 0.148 e. The van der Waals surface area contributed by atoms with Gasteiger partial charge in [-0.1, -0.05) is 186 Å². The molecule has 1 N–H and O–H groups in total. The number of rotatable bonds is 9. The van der Waals surface area contributed by atoms with Crippen molar-refractivity contribution in [1.82, 2.24) is 14.5 Å². The molecule has 0 saturated heterocycles. The summed E-state index contributed by atoms with van der Waals surface area (Å²) in [5, 5.41) is 12.3. The van der Waals surface area contributed by atoms with Crippen molar-refractivity contribution in [2.75, 3.05) is 0 Å². The molecule has 7 aromatic carbocycles. The van der Waals surface area contributed by atoms with E-state index in [1.165, 1.54) is 5.56 Å². The van der Waals surface area contributed by atoms with Crippen LogP contribution in [0.5, 0.6) is 5.75 Å². The van der Waals surface area contributed by atoms with Gasteiger partial charge < -0.3 is 5.11 Å². The van der Waals surface area contributed by atoms with E-state index in [-0.39, 0.29) is 44.1 Å². The summed E-state index contributed by atoms with van der Waals surface area (Å²) >= 11 is 0. The predicted octanol–water partition coefficient (Wildman–Crippen LogP) is 15.5. The molecule has 0 aliphatic carbocycles. The molecule has 0 radical (unpaired) electrons. The Hall–Kier alpha value is -6.35. The van der Waals surface area contributed by atoms with Crippen LogP contribution in [-0.2, 0) is 26.5 Å². The third-order valence-corrected chi connectivity index (χ3v) is 12.0. The van der Waals surface area contributed by atoms with Crippen molar-refractivity contribution in [3.05, 3.63) is 193 Å². The second-order valence-corrected chi connectivity index (χ2v) is 18.0. The molecule has 2 heterocycles. The van der Waals surface area contributed by atoms with Crippen LogP contribution in [0.3, 0.4) is 0 Å². The first-order valence-corrected chi connectivity index (χ1v) is 21.7. The van der Waals surface area contributed by atoms with E-state index >= 15 is 0 Å². The summed E-state index contributed by atoms with van der Waals surface area (Å²) in [6, 6.07) is 61.5. The van der Waals surface area contributed by atoms with Crippen molar-refractivity contribution in [2.45, 2.75) is 65.7 Å². The monoisotopic (exact) mass is 1000 g/mol. The zero-order valence-electron chi connectivity index (χ0n) is 36.9. The van der Waals surface area contributed by atoms with E-state index in [0.29, 0.717) is 11.4 Å². The fourth-order valence-electron chi connectivity index (χ4n) is 8.45. The molecule has 4 nitrogen and oxygen atoms in total. The third-order valence-electron chi connectivity index (χ3n) is 12.0. The van der Waals surface area contributed by atoms with Crippen molar-refractivity contribution < 1.29 is 26.2 Å². The van der Waals surface area contributed by atoms with E-state index in [9.17, 15) is 5.11 Å². The topological polar surface area (TPSA) is 50.9 Å². The number of hydrogen-bond donors (Lipinski definition) is 1. The molecule has 9 rings (SSSR count). The molecule has 5 heteroatoms. The smallest absolute Gasteiger partial charge is 0.148 e. The van der Waals surface area contributed by atoms with Crippen LogP contribution in [0.25, 0.3) is 83.9 Å². The van der Waals surface area contributed by atoms with Gasteiger partial charge in [-0.3, -0.25) is 9.55 Å². The standard InChI is InChI=1S/C58H52N3O.Pt/c1-37(2)43-33-49(38(3)4)56(62)51(34-43)57-60-55-48(24-17-25-54(55)61(57)53-27-26-47(58(5,6)7)36-50(53)41-22-15-10-16-23-41)45-30-44(40-20-13-9-14-21-40)31-46(32-45)52-35-42(28-29-59-52)39-18-11-8-12-19-39;/h8-31,33-38,62H,1-7H3;/q-1;. The number of phenols is 1. The van der Waals surface area contributed by atoms with Gasteiger partial charge >= 0.3 is 0 Å². The number of aromatic nitrogens is 3. The first-order chi connectivity index (χ1) is 29.9. The van der Waals surface area contributed by atoms with Crippen LogP contribution >= 0.6 is 0 Å². The maximum atomic E-state index is 12.3. The molecule has 0 unspecified atom stereocenters. The Morgan fingerprint density at radius 3 is 1.83 bits per heavy atom. The molecule has 9 aromatic rings. The minimum atomic E-state index is -0.0715. The van der Waals surface area contributed by atoms with Crippen LogP contribution in [0.2, 0.25) is 0 Å². The molecule has 0 atom stereocenters. The largest absolute Gasteiger partial charge is 0.507 e. The molecule has 316 valence electrons. The number of pyridine rings is 1. The zero-order valence-corrected chi connectivity index (χ0v) is 39.2. The molecule has 0 bridgehead atoms. The number of nitrogens with zero attached hydrogens (tertiary/aromatic N) is 3. The second-order valence-electron chi connectivity index (χ2n) is 18.0. The summed E-state index contributed by atoms with van der Waals surface area (Å²) in [6.07, 6.45) is 1.88. The molecule has 0 amide bonds. The predicted molar refractivity (Wildman–Crippen MR) is 259 cm³/mol. The van der Waals surface area contributed by atoms with E-state index in [1.807, 2.05) is 18.3 Å². The van der Waals surface area contributed by atoms with Crippen molar-refractivity contribution in [1.29, 1.82) is 0 Å². The number of benzene rings is 7. The first kappa shape index (κ1) is 43.3. The number of para-hydroxylation sites is 1. The summed E-state index contributed by atoms with van der Waals surface area (Å²) in [5.41, 5.74) is 16.9. The van der Waals surface area contributed by atoms with E-state index in [1.54, 1.807) is 0 Å². The number of phenolic OH excluding ortho intramolecular Hbond substituents is 1. The summed E-state index contributed by atoms with van der Waals surface area (Å²) in [6.45, 7) is 15.5. The average Bonchev–Trinajstić information content (AvgIpc) is 3.68. The summed E-state index contributed by atoms with van der Waals surface area (Å²) in [5.74, 6) is 1.30. The van der Waals surface area contributed by atoms with Gasteiger partial charge in [0.05, 0.1) is 22.3 Å². The zero-order chi connectivity index (χ0) is 43.1. The second kappa shape index (κ2) is 17.8. The minimum Gasteiger partial charge on any atom is -0.507 e. The van der Waals surface area contributed by atoms with Gasteiger partial charge in [-0.15, -0.1) is 23.8 Å². The normalized spacial score (nSPS) is 11.6.